The first-order chi connectivity index (χ1) is 8.63. The molecule has 1 aromatic heterocycles. The second-order valence-electron chi connectivity index (χ2n) is 4.62. The van der Waals surface area contributed by atoms with Gasteiger partial charge in [0.1, 0.15) is 5.82 Å². The van der Waals surface area contributed by atoms with E-state index in [4.69, 9.17) is 11.6 Å². The minimum absolute atomic E-state index is 0.311. The van der Waals surface area contributed by atoms with Crippen molar-refractivity contribution in [3.8, 4) is 0 Å². The maximum atomic E-state index is 6.02. The number of halogens is 1. The Morgan fingerprint density at radius 1 is 1.22 bits per heavy atom. The highest BCUT2D eigenvalue weighted by atomic mass is 35.5. The number of anilines is 1. The molecule has 96 valence electrons. The predicted octanol–water partition coefficient (Wildman–Crippen LogP) is 3.91. The van der Waals surface area contributed by atoms with Gasteiger partial charge in [-0.1, -0.05) is 19.1 Å². The molecule has 0 aliphatic heterocycles. The summed E-state index contributed by atoms with van der Waals surface area (Å²) in [6, 6.07) is 8.38. The molecule has 0 saturated carbocycles. The minimum atomic E-state index is 0.311. The van der Waals surface area contributed by atoms with E-state index in [0.717, 1.165) is 29.7 Å². The van der Waals surface area contributed by atoms with Crippen LogP contribution in [-0.4, -0.2) is 22.6 Å². The molecule has 0 N–H and O–H groups in total. The number of rotatable bonds is 4. The lowest BCUT2D eigenvalue weighted by atomic mass is 10.2. The number of nitrogens with zero attached hydrogens (tertiary/aromatic N) is 3. The van der Waals surface area contributed by atoms with Crippen LogP contribution in [0.3, 0.4) is 0 Å². The van der Waals surface area contributed by atoms with Crippen molar-refractivity contribution in [2.45, 2.75) is 33.2 Å². The van der Waals surface area contributed by atoms with Crippen LogP contribution in [0.1, 0.15) is 27.2 Å². The minimum Gasteiger partial charge on any atom is -0.354 e. The van der Waals surface area contributed by atoms with E-state index in [1.165, 1.54) is 0 Å². The second kappa shape index (κ2) is 5.53. The van der Waals surface area contributed by atoms with E-state index in [2.05, 4.69) is 35.6 Å². The molecule has 0 aliphatic carbocycles. The predicted molar refractivity (Wildman–Crippen MR) is 77.3 cm³/mol. The van der Waals surface area contributed by atoms with Crippen molar-refractivity contribution in [3.63, 3.8) is 0 Å². The summed E-state index contributed by atoms with van der Waals surface area (Å²) in [5.41, 5.74) is 0.897. The molecular formula is C14H18ClN3. The standard InChI is InChI=1S/C14H18ClN3/c1-4-9-18(10(2)3)13-11-7-5-6-8-12(11)16-14(15)17-13/h5-8,10H,4,9H2,1-3H3. The van der Waals surface area contributed by atoms with E-state index in [1.54, 1.807) is 0 Å². The quantitative estimate of drug-likeness (QED) is 0.783. The molecule has 0 bridgehead atoms. The molecular weight excluding hydrogens is 246 g/mol. The third kappa shape index (κ3) is 2.56. The van der Waals surface area contributed by atoms with Crippen molar-refractivity contribution in [1.29, 1.82) is 0 Å². The van der Waals surface area contributed by atoms with E-state index >= 15 is 0 Å². The maximum absolute atomic E-state index is 6.02. The van der Waals surface area contributed by atoms with Crippen LogP contribution >= 0.6 is 11.6 Å². The molecule has 3 nitrogen and oxygen atoms in total. The summed E-state index contributed by atoms with van der Waals surface area (Å²) in [6.07, 6.45) is 1.08. The summed E-state index contributed by atoms with van der Waals surface area (Å²) in [5, 5.41) is 1.37. The van der Waals surface area contributed by atoms with Gasteiger partial charge in [-0.3, -0.25) is 0 Å². The number of hydrogen-bond acceptors (Lipinski definition) is 3. The van der Waals surface area contributed by atoms with Gasteiger partial charge in [-0.05, 0) is 44.0 Å². The first-order valence-corrected chi connectivity index (χ1v) is 6.70. The van der Waals surface area contributed by atoms with Gasteiger partial charge in [0, 0.05) is 18.0 Å². The second-order valence-corrected chi connectivity index (χ2v) is 4.96. The van der Waals surface area contributed by atoms with Gasteiger partial charge < -0.3 is 4.90 Å². The summed E-state index contributed by atoms with van der Waals surface area (Å²) in [5.74, 6) is 0.933. The van der Waals surface area contributed by atoms with Crippen molar-refractivity contribution in [1.82, 2.24) is 9.97 Å². The Balaban J connectivity index is 2.60. The molecule has 2 aromatic rings. The van der Waals surface area contributed by atoms with Gasteiger partial charge in [-0.25, -0.2) is 4.98 Å². The van der Waals surface area contributed by atoms with Crippen LogP contribution in [0.5, 0.6) is 0 Å². The lowest BCUT2D eigenvalue weighted by molar-refractivity contribution is 0.664. The Hall–Kier alpha value is -1.35. The van der Waals surface area contributed by atoms with Gasteiger partial charge in [0.25, 0.3) is 0 Å². The van der Waals surface area contributed by atoms with Gasteiger partial charge in [-0.2, -0.15) is 4.98 Å². The Bertz CT molecular complexity index is 540. The smallest absolute Gasteiger partial charge is 0.224 e. The van der Waals surface area contributed by atoms with Crippen LogP contribution in [-0.2, 0) is 0 Å². The topological polar surface area (TPSA) is 29.0 Å². The van der Waals surface area contributed by atoms with Crippen molar-refractivity contribution in [3.05, 3.63) is 29.5 Å². The van der Waals surface area contributed by atoms with Gasteiger partial charge in [0.05, 0.1) is 5.52 Å². The summed E-state index contributed by atoms with van der Waals surface area (Å²) < 4.78 is 0. The van der Waals surface area contributed by atoms with Gasteiger partial charge in [-0.15, -0.1) is 0 Å². The first-order valence-electron chi connectivity index (χ1n) is 6.32. The fourth-order valence-corrected chi connectivity index (χ4v) is 2.27. The fourth-order valence-electron chi connectivity index (χ4n) is 2.10. The molecule has 4 heteroatoms. The van der Waals surface area contributed by atoms with Crippen LogP contribution in [0.25, 0.3) is 10.9 Å². The zero-order valence-corrected chi connectivity index (χ0v) is 11.8. The van der Waals surface area contributed by atoms with Crippen molar-refractivity contribution >= 4 is 28.3 Å². The van der Waals surface area contributed by atoms with Crippen molar-refractivity contribution < 1.29 is 0 Å². The number of para-hydroxylation sites is 1. The summed E-state index contributed by atoms with van der Waals surface area (Å²) in [6.45, 7) is 7.47. The average Bonchev–Trinajstić information content (AvgIpc) is 2.34. The number of benzene rings is 1. The van der Waals surface area contributed by atoms with Crippen LogP contribution in [0, 0.1) is 0 Å². The van der Waals surface area contributed by atoms with E-state index in [0.29, 0.717) is 11.3 Å². The molecule has 2 rings (SSSR count). The van der Waals surface area contributed by atoms with Crippen LogP contribution in [0.2, 0.25) is 5.28 Å². The van der Waals surface area contributed by atoms with Gasteiger partial charge in [0.15, 0.2) is 0 Å². The Morgan fingerprint density at radius 3 is 2.61 bits per heavy atom. The van der Waals surface area contributed by atoms with E-state index < -0.39 is 0 Å². The molecule has 0 spiro atoms. The monoisotopic (exact) mass is 263 g/mol. The van der Waals surface area contributed by atoms with E-state index in [-0.39, 0.29) is 0 Å². The van der Waals surface area contributed by atoms with E-state index in [1.807, 2.05) is 24.3 Å². The maximum Gasteiger partial charge on any atom is 0.224 e. The van der Waals surface area contributed by atoms with Crippen LogP contribution in [0.4, 0.5) is 5.82 Å². The van der Waals surface area contributed by atoms with Gasteiger partial charge in [0.2, 0.25) is 5.28 Å². The average molecular weight is 264 g/mol. The Morgan fingerprint density at radius 2 is 1.94 bits per heavy atom. The summed E-state index contributed by atoms with van der Waals surface area (Å²) in [4.78, 5) is 11.0. The lowest BCUT2D eigenvalue weighted by Gasteiger charge is -2.28. The van der Waals surface area contributed by atoms with Crippen LogP contribution < -0.4 is 4.90 Å². The van der Waals surface area contributed by atoms with E-state index in [9.17, 15) is 0 Å². The highest BCUT2D eigenvalue weighted by molar-refractivity contribution is 6.28. The van der Waals surface area contributed by atoms with Crippen LogP contribution in [0.15, 0.2) is 24.3 Å². The summed E-state index contributed by atoms with van der Waals surface area (Å²) >= 11 is 6.02. The number of hydrogen-bond donors (Lipinski definition) is 0. The van der Waals surface area contributed by atoms with Crippen molar-refractivity contribution in [2.75, 3.05) is 11.4 Å². The summed E-state index contributed by atoms with van der Waals surface area (Å²) in [7, 11) is 0. The Labute approximate surface area is 113 Å². The number of aromatic nitrogens is 2. The molecule has 0 radical (unpaired) electrons. The number of fused-ring (bicyclic) bond motifs is 1. The molecule has 0 amide bonds. The molecule has 0 unspecified atom stereocenters. The highest BCUT2D eigenvalue weighted by Gasteiger charge is 2.15. The molecule has 0 atom stereocenters. The molecule has 1 heterocycles. The largest absolute Gasteiger partial charge is 0.354 e. The highest BCUT2D eigenvalue weighted by Crippen LogP contribution is 2.26. The normalized spacial score (nSPS) is 11.2. The fraction of sp³-hybridized carbons (Fsp3) is 0.429. The molecule has 1 aromatic carbocycles. The Kier molecular flexibility index (Phi) is 4.02. The zero-order valence-electron chi connectivity index (χ0n) is 11.0. The van der Waals surface area contributed by atoms with Gasteiger partial charge >= 0.3 is 0 Å². The molecule has 0 aliphatic rings. The first kappa shape index (κ1) is 13.1. The third-order valence-corrected chi connectivity index (χ3v) is 3.08. The van der Waals surface area contributed by atoms with Crippen molar-refractivity contribution in [2.24, 2.45) is 0 Å². The lowest BCUT2D eigenvalue weighted by Crippen LogP contribution is -2.32. The SMILES string of the molecule is CCCN(c1nc(Cl)nc2ccccc12)C(C)C. The molecule has 0 saturated heterocycles. The molecule has 18 heavy (non-hydrogen) atoms. The molecule has 0 fully saturated rings. The third-order valence-electron chi connectivity index (χ3n) is 2.92. The zero-order chi connectivity index (χ0) is 13.1.